The molecule has 0 bridgehead atoms. The molecule has 0 unspecified atom stereocenters. The highest BCUT2D eigenvalue weighted by Gasteiger charge is 2.31. The molecule has 1 aromatic rings. The number of aromatic nitrogens is 2. The zero-order valence-electron chi connectivity index (χ0n) is 9.98. The van der Waals surface area contributed by atoms with E-state index in [1.807, 2.05) is 6.92 Å². The zero-order chi connectivity index (χ0) is 11.6. The predicted molar refractivity (Wildman–Crippen MR) is 62.2 cm³/mol. The molecule has 0 saturated carbocycles. The van der Waals surface area contributed by atoms with Gasteiger partial charge in [0.25, 0.3) is 0 Å². The summed E-state index contributed by atoms with van der Waals surface area (Å²) in [7, 11) is 2.09. The van der Waals surface area contributed by atoms with Crippen LogP contribution in [0.2, 0.25) is 0 Å². The summed E-state index contributed by atoms with van der Waals surface area (Å²) in [5, 5.41) is 10.4. The first-order valence-electron chi connectivity index (χ1n) is 5.76. The first-order valence-corrected chi connectivity index (χ1v) is 5.76. The third-order valence-electron chi connectivity index (χ3n) is 3.26. The Balaban J connectivity index is 2.00. The molecule has 4 nitrogen and oxygen atoms in total. The first kappa shape index (κ1) is 11.5. The van der Waals surface area contributed by atoms with Gasteiger partial charge >= 0.3 is 0 Å². The van der Waals surface area contributed by atoms with Crippen LogP contribution in [0.1, 0.15) is 24.2 Å². The average Bonchev–Trinajstić information content (AvgIpc) is 2.27. The number of hydrogen-bond donors (Lipinski definition) is 1. The number of nitrogens with zero attached hydrogens (tertiary/aromatic N) is 3. The monoisotopic (exact) mass is 221 g/mol. The van der Waals surface area contributed by atoms with E-state index in [0.717, 1.165) is 37.3 Å². The van der Waals surface area contributed by atoms with Gasteiger partial charge < -0.3 is 10.0 Å². The Hall–Kier alpha value is -1.00. The molecule has 1 saturated heterocycles. The van der Waals surface area contributed by atoms with E-state index in [0.29, 0.717) is 6.42 Å². The van der Waals surface area contributed by atoms with Gasteiger partial charge in [0, 0.05) is 31.9 Å². The van der Waals surface area contributed by atoms with Crippen molar-refractivity contribution in [1.82, 2.24) is 14.9 Å². The minimum absolute atomic E-state index is 0.587. The quantitative estimate of drug-likeness (QED) is 0.802. The molecule has 1 aliphatic heterocycles. The highest BCUT2D eigenvalue weighted by atomic mass is 16.3. The van der Waals surface area contributed by atoms with Crippen LogP contribution in [-0.4, -0.2) is 45.7 Å². The highest BCUT2D eigenvalue weighted by molar-refractivity contribution is 5.05. The molecular formula is C12H19N3O. The van der Waals surface area contributed by atoms with Gasteiger partial charge in [-0.25, -0.2) is 0 Å². The van der Waals surface area contributed by atoms with Crippen molar-refractivity contribution in [3.05, 3.63) is 23.8 Å². The molecule has 0 atom stereocenters. The second-order valence-electron chi connectivity index (χ2n) is 4.85. The minimum Gasteiger partial charge on any atom is -0.389 e. The summed E-state index contributed by atoms with van der Waals surface area (Å²) in [5.41, 5.74) is 1.22. The molecule has 0 aliphatic carbocycles. The minimum atomic E-state index is -0.587. The number of aryl methyl sites for hydroxylation is 1. The van der Waals surface area contributed by atoms with Gasteiger partial charge in [0.2, 0.25) is 0 Å². The van der Waals surface area contributed by atoms with Crippen molar-refractivity contribution >= 4 is 0 Å². The SMILES string of the molecule is Cc1cnc(CC2(O)CCN(C)CC2)cn1. The second-order valence-corrected chi connectivity index (χ2v) is 4.85. The molecule has 1 fully saturated rings. The van der Waals surface area contributed by atoms with Crippen LogP contribution in [0.25, 0.3) is 0 Å². The van der Waals surface area contributed by atoms with Gasteiger partial charge in [-0.1, -0.05) is 0 Å². The maximum atomic E-state index is 10.4. The van der Waals surface area contributed by atoms with Crippen LogP contribution >= 0.6 is 0 Å². The third-order valence-corrected chi connectivity index (χ3v) is 3.26. The summed E-state index contributed by atoms with van der Waals surface area (Å²) in [5.74, 6) is 0. The van der Waals surface area contributed by atoms with Gasteiger partial charge in [0.05, 0.1) is 17.0 Å². The van der Waals surface area contributed by atoms with Crippen molar-refractivity contribution in [1.29, 1.82) is 0 Å². The van der Waals surface area contributed by atoms with E-state index in [9.17, 15) is 5.11 Å². The lowest BCUT2D eigenvalue weighted by Crippen LogP contribution is -2.44. The molecule has 0 aromatic carbocycles. The molecule has 0 spiro atoms. The Morgan fingerprint density at radius 2 is 2.00 bits per heavy atom. The lowest BCUT2D eigenvalue weighted by Gasteiger charge is -2.36. The van der Waals surface area contributed by atoms with Crippen LogP contribution in [0.5, 0.6) is 0 Å². The zero-order valence-corrected chi connectivity index (χ0v) is 9.98. The molecule has 1 aromatic heterocycles. The summed E-state index contributed by atoms with van der Waals surface area (Å²) in [6.45, 7) is 3.83. The Bertz CT molecular complexity index is 342. The third kappa shape index (κ3) is 2.77. The first-order chi connectivity index (χ1) is 7.57. The van der Waals surface area contributed by atoms with Gasteiger partial charge in [-0.3, -0.25) is 9.97 Å². The summed E-state index contributed by atoms with van der Waals surface area (Å²) < 4.78 is 0. The van der Waals surface area contributed by atoms with E-state index in [1.54, 1.807) is 12.4 Å². The van der Waals surface area contributed by atoms with Crippen LogP contribution in [0, 0.1) is 6.92 Å². The standard InChI is InChI=1S/C12H19N3O/c1-10-8-14-11(9-13-10)7-12(16)3-5-15(2)6-4-12/h8-9,16H,3-7H2,1-2H3. The van der Waals surface area contributed by atoms with Crippen molar-refractivity contribution < 1.29 is 5.11 Å². The van der Waals surface area contributed by atoms with Crippen LogP contribution < -0.4 is 0 Å². The molecular weight excluding hydrogens is 202 g/mol. The number of hydrogen-bond acceptors (Lipinski definition) is 4. The predicted octanol–water partition coefficient (Wildman–Crippen LogP) is 0.784. The normalized spacial score (nSPS) is 20.9. The van der Waals surface area contributed by atoms with E-state index in [1.165, 1.54) is 0 Å². The van der Waals surface area contributed by atoms with E-state index < -0.39 is 5.60 Å². The summed E-state index contributed by atoms with van der Waals surface area (Å²) in [6, 6.07) is 0. The smallest absolute Gasteiger partial charge is 0.0727 e. The topological polar surface area (TPSA) is 49.3 Å². The molecule has 4 heteroatoms. The van der Waals surface area contributed by atoms with Crippen molar-refractivity contribution in [3.8, 4) is 0 Å². The number of likely N-dealkylation sites (tertiary alicyclic amines) is 1. The van der Waals surface area contributed by atoms with E-state index in [2.05, 4.69) is 21.9 Å². The van der Waals surface area contributed by atoms with Crippen LogP contribution in [0.15, 0.2) is 12.4 Å². The summed E-state index contributed by atoms with van der Waals surface area (Å²) >= 11 is 0. The van der Waals surface area contributed by atoms with Crippen molar-refractivity contribution in [2.24, 2.45) is 0 Å². The Kier molecular flexibility index (Phi) is 3.21. The van der Waals surface area contributed by atoms with Gasteiger partial charge in [-0.05, 0) is 26.8 Å². The van der Waals surface area contributed by atoms with E-state index in [-0.39, 0.29) is 0 Å². The summed E-state index contributed by atoms with van der Waals surface area (Å²) in [6.07, 6.45) is 5.78. The Labute approximate surface area is 96.3 Å². The highest BCUT2D eigenvalue weighted by Crippen LogP contribution is 2.24. The molecule has 88 valence electrons. The number of piperidine rings is 1. The Morgan fingerprint density at radius 3 is 2.56 bits per heavy atom. The van der Waals surface area contributed by atoms with Gasteiger partial charge in [-0.2, -0.15) is 0 Å². The maximum Gasteiger partial charge on any atom is 0.0727 e. The molecule has 0 radical (unpaired) electrons. The van der Waals surface area contributed by atoms with Gasteiger partial charge in [0.1, 0.15) is 0 Å². The van der Waals surface area contributed by atoms with Crippen molar-refractivity contribution in [2.45, 2.75) is 31.8 Å². The van der Waals surface area contributed by atoms with Gasteiger partial charge in [-0.15, -0.1) is 0 Å². The molecule has 1 aliphatic rings. The fourth-order valence-corrected chi connectivity index (χ4v) is 2.06. The van der Waals surface area contributed by atoms with E-state index >= 15 is 0 Å². The second kappa shape index (κ2) is 4.47. The largest absolute Gasteiger partial charge is 0.389 e. The lowest BCUT2D eigenvalue weighted by atomic mass is 9.87. The number of rotatable bonds is 2. The molecule has 1 N–H and O–H groups in total. The Morgan fingerprint density at radius 1 is 1.31 bits per heavy atom. The van der Waals surface area contributed by atoms with E-state index in [4.69, 9.17) is 0 Å². The molecule has 2 rings (SSSR count). The van der Waals surface area contributed by atoms with Crippen LogP contribution in [-0.2, 0) is 6.42 Å². The fourth-order valence-electron chi connectivity index (χ4n) is 2.06. The van der Waals surface area contributed by atoms with Crippen LogP contribution in [0.4, 0.5) is 0 Å². The lowest BCUT2D eigenvalue weighted by molar-refractivity contribution is -0.0158. The molecule has 2 heterocycles. The molecule has 16 heavy (non-hydrogen) atoms. The van der Waals surface area contributed by atoms with Crippen molar-refractivity contribution in [2.75, 3.05) is 20.1 Å². The fraction of sp³-hybridized carbons (Fsp3) is 0.667. The summed E-state index contributed by atoms with van der Waals surface area (Å²) in [4.78, 5) is 10.8. The molecule has 0 amide bonds. The maximum absolute atomic E-state index is 10.4. The number of aliphatic hydroxyl groups is 1. The van der Waals surface area contributed by atoms with Crippen LogP contribution in [0.3, 0.4) is 0 Å². The van der Waals surface area contributed by atoms with Crippen molar-refractivity contribution in [3.63, 3.8) is 0 Å². The average molecular weight is 221 g/mol. The van der Waals surface area contributed by atoms with Gasteiger partial charge in [0.15, 0.2) is 0 Å².